The van der Waals surface area contributed by atoms with Crippen LogP contribution in [-0.2, 0) is 9.59 Å². The van der Waals surface area contributed by atoms with Crippen molar-refractivity contribution in [2.45, 2.75) is 123 Å². The highest BCUT2D eigenvalue weighted by atomic mass is 16.2. The fourth-order valence-electron chi connectivity index (χ4n) is 6.84. The SMILES string of the molecule is CCCCCC1CCC(C(C(=O)C2CCC(CC)CC2=O)C2CCCCC2)CC1. The average molecular weight is 403 g/mol. The third-order valence-corrected chi connectivity index (χ3v) is 8.76. The lowest BCUT2D eigenvalue weighted by atomic mass is 9.63. The molecule has 0 bridgehead atoms. The molecule has 0 heterocycles. The second kappa shape index (κ2) is 11.7. The van der Waals surface area contributed by atoms with Gasteiger partial charge >= 0.3 is 0 Å². The largest absolute Gasteiger partial charge is 0.299 e. The zero-order chi connectivity index (χ0) is 20.6. The van der Waals surface area contributed by atoms with Crippen LogP contribution in [0.2, 0.25) is 0 Å². The molecule has 0 aromatic heterocycles. The molecule has 0 spiro atoms. The van der Waals surface area contributed by atoms with Gasteiger partial charge in [0.05, 0.1) is 5.92 Å². The summed E-state index contributed by atoms with van der Waals surface area (Å²) >= 11 is 0. The van der Waals surface area contributed by atoms with Crippen molar-refractivity contribution < 1.29 is 9.59 Å². The predicted octanol–water partition coefficient (Wildman–Crippen LogP) is 7.53. The lowest BCUT2D eigenvalue weighted by Crippen LogP contribution is -2.42. The van der Waals surface area contributed by atoms with E-state index in [1.165, 1.54) is 83.5 Å². The van der Waals surface area contributed by atoms with Crippen molar-refractivity contribution in [2.75, 3.05) is 0 Å². The number of hydrogen-bond donors (Lipinski definition) is 0. The number of hydrogen-bond acceptors (Lipinski definition) is 2. The minimum atomic E-state index is -0.257. The van der Waals surface area contributed by atoms with Crippen molar-refractivity contribution in [1.29, 1.82) is 0 Å². The van der Waals surface area contributed by atoms with Crippen molar-refractivity contribution in [3.05, 3.63) is 0 Å². The molecule has 0 saturated heterocycles. The third kappa shape index (κ3) is 6.17. The number of carbonyl (C=O) groups is 2. The molecule has 3 atom stereocenters. The highest BCUT2D eigenvalue weighted by molar-refractivity contribution is 6.04. The summed E-state index contributed by atoms with van der Waals surface area (Å²) in [4.78, 5) is 26.6. The number of carbonyl (C=O) groups excluding carboxylic acids is 2. The Labute approximate surface area is 180 Å². The normalized spacial score (nSPS) is 32.8. The van der Waals surface area contributed by atoms with Gasteiger partial charge in [-0.1, -0.05) is 78.1 Å². The van der Waals surface area contributed by atoms with E-state index in [1.807, 2.05) is 0 Å². The van der Waals surface area contributed by atoms with Crippen LogP contribution in [0.25, 0.3) is 0 Å². The first-order valence-electron chi connectivity index (χ1n) is 13.2. The smallest absolute Gasteiger partial charge is 0.146 e. The second-order valence-corrected chi connectivity index (χ2v) is 10.7. The van der Waals surface area contributed by atoms with Crippen LogP contribution >= 0.6 is 0 Å². The van der Waals surface area contributed by atoms with Gasteiger partial charge in [-0.3, -0.25) is 9.59 Å². The minimum absolute atomic E-state index is 0.194. The third-order valence-electron chi connectivity index (χ3n) is 8.76. The summed E-state index contributed by atoms with van der Waals surface area (Å²) < 4.78 is 0. The van der Waals surface area contributed by atoms with Crippen LogP contribution < -0.4 is 0 Å². The van der Waals surface area contributed by atoms with Crippen molar-refractivity contribution in [3.8, 4) is 0 Å². The summed E-state index contributed by atoms with van der Waals surface area (Å²) in [6.07, 6.45) is 20.6. The molecule has 166 valence electrons. The minimum Gasteiger partial charge on any atom is -0.299 e. The van der Waals surface area contributed by atoms with E-state index in [0.29, 0.717) is 30.0 Å². The Bertz CT molecular complexity index is 511. The van der Waals surface area contributed by atoms with Gasteiger partial charge in [-0.05, 0) is 62.2 Å². The van der Waals surface area contributed by atoms with Crippen LogP contribution in [0.5, 0.6) is 0 Å². The van der Waals surface area contributed by atoms with E-state index in [1.54, 1.807) is 0 Å². The predicted molar refractivity (Wildman–Crippen MR) is 121 cm³/mol. The quantitative estimate of drug-likeness (QED) is 0.295. The molecule has 29 heavy (non-hydrogen) atoms. The topological polar surface area (TPSA) is 34.1 Å². The molecule has 2 nitrogen and oxygen atoms in total. The van der Waals surface area contributed by atoms with Crippen LogP contribution in [-0.4, -0.2) is 11.6 Å². The molecule has 0 amide bonds. The number of ketones is 2. The van der Waals surface area contributed by atoms with Crippen LogP contribution in [0.3, 0.4) is 0 Å². The summed E-state index contributed by atoms with van der Waals surface area (Å²) in [6.45, 7) is 4.47. The molecular weight excluding hydrogens is 356 g/mol. The Kier molecular flexibility index (Phi) is 9.25. The van der Waals surface area contributed by atoms with Crippen LogP contribution in [0.1, 0.15) is 123 Å². The number of Topliss-reactive ketones (excluding diaryl/α,β-unsaturated/α-hetero) is 2. The molecule has 3 aliphatic carbocycles. The summed E-state index contributed by atoms with van der Waals surface area (Å²) in [7, 11) is 0. The lowest BCUT2D eigenvalue weighted by Gasteiger charge is -2.40. The van der Waals surface area contributed by atoms with E-state index in [9.17, 15) is 9.59 Å². The molecule has 0 radical (unpaired) electrons. The fraction of sp³-hybridized carbons (Fsp3) is 0.926. The van der Waals surface area contributed by atoms with Gasteiger partial charge in [-0.15, -0.1) is 0 Å². The molecule has 3 fully saturated rings. The standard InChI is InChI=1S/C27H46O2/c1-3-5-7-10-21-13-16-23(17-14-21)26(22-11-8-6-9-12-22)27(29)24-18-15-20(4-2)19-25(24)28/h20-24,26H,3-19H2,1-2H3. The van der Waals surface area contributed by atoms with E-state index in [-0.39, 0.29) is 17.6 Å². The molecular formula is C27H46O2. The molecule has 0 aromatic rings. The Morgan fingerprint density at radius 2 is 1.48 bits per heavy atom. The zero-order valence-corrected chi connectivity index (χ0v) is 19.3. The van der Waals surface area contributed by atoms with Gasteiger partial charge in [0.15, 0.2) is 0 Å². The van der Waals surface area contributed by atoms with Crippen LogP contribution in [0.4, 0.5) is 0 Å². The molecule has 3 rings (SSSR count). The molecule has 2 heteroatoms. The van der Waals surface area contributed by atoms with Gasteiger partial charge in [0.2, 0.25) is 0 Å². The molecule has 0 N–H and O–H groups in total. The summed E-state index contributed by atoms with van der Waals surface area (Å²) in [5.41, 5.74) is 0. The van der Waals surface area contributed by atoms with Gasteiger partial charge in [-0.2, -0.15) is 0 Å². The van der Waals surface area contributed by atoms with E-state index in [0.717, 1.165) is 25.2 Å². The average Bonchev–Trinajstić information content (AvgIpc) is 2.75. The second-order valence-electron chi connectivity index (χ2n) is 10.7. The first-order chi connectivity index (χ1) is 14.1. The molecule has 0 aromatic carbocycles. The molecule has 0 aliphatic heterocycles. The summed E-state index contributed by atoms with van der Waals surface area (Å²) in [5, 5.41) is 0. The number of unbranched alkanes of at least 4 members (excludes halogenated alkanes) is 2. The van der Waals surface area contributed by atoms with E-state index < -0.39 is 0 Å². The van der Waals surface area contributed by atoms with Crippen LogP contribution in [0.15, 0.2) is 0 Å². The maximum Gasteiger partial charge on any atom is 0.146 e. The summed E-state index contributed by atoms with van der Waals surface area (Å²) in [5.74, 6) is 3.14. The Balaban J connectivity index is 1.64. The van der Waals surface area contributed by atoms with Gasteiger partial charge in [0.25, 0.3) is 0 Å². The van der Waals surface area contributed by atoms with Gasteiger partial charge < -0.3 is 0 Å². The maximum atomic E-state index is 13.8. The first-order valence-corrected chi connectivity index (χ1v) is 13.2. The van der Waals surface area contributed by atoms with Gasteiger partial charge in [-0.25, -0.2) is 0 Å². The highest BCUT2D eigenvalue weighted by Gasteiger charge is 2.43. The monoisotopic (exact) mass is 402 g/mol. The Morgan fingerprint density at radius 1 is 0.828 bits per heavy atom. The van der Waals surface area contributed by atoms with Crippen molar-refractivity contribution >= 4 is 11.6 Å². The van der Waals surface area contributed by atoms with E-state index >= 15 is 0 Å². The number of rotatable bonds is 9. The van der Waals surface area contributed by atoms with Crippen molar-refractivity contribution in [2.24, 2.45) is 35.5 Å². The maximum absolute atomic E-state index is 13.8. The van der Waals surface area contributed by atoms with Crippen molar-refractivity contribution in [3.63, 3.8) is 0 Å². The van der Waals surface area contributed by atoms with Gasteiger partial charge in [0.1, 0.15) is 11.6 Å². The Hall–Kier alpha value is -0.660. The first kappa shape index (κ1) is 23.0. The lowest BCUT2D eigenvalue weighted by molar-refractivity contribution is -0.141. The summed E-state index contributed by atoms with van der Waals surface area (Å²) in [6, 6.07) is 0. The van der Waals surface area contributed by atoms with Crippen LogP contribution in [0, 0.1) is 35.5 Å². The Morgan fingerprint density at radius 3 is 2.10 bits per heavy atom. The zero-order valence-electron chi connectivity index (χ0n) is 19.3. The molecule has 3 aliphatic rings. The van der Waals surface area contributed by atoms with E-state index in [4.69, 9.17) is 0 Å². The molecule has 3 unspecified atom stereocenters. The van der Waals surface area contributed by atoms with Gasteiger partial charge in [0, 0.05) is 12.3 Å². The van der Waals surface area contributed by atoms with Crippen molar-refractivity contribution in [1.82, 2.24) is 0 Å². The fourth-order valence-corrected chi connectivity index (χ4v) is 6.84. The molecule has 3 saturated carbocycles. The van der Waals surface area contributed by atoms with E-state index in [2.05, 4.69) is 13.8 Å². The highest BCUT2D eigenvalue weighted by Crippen LogP contribution is 2.45.